The molecular formula is C15H16N2O2. The van der Waals surface area contributed by atoms with E-state index in [4.69, 9.17) is 10.5 Å². The van der Waals surface area contributed by atoms with Crippen LogP contribution in [0.5, 0.6) is 5.75 Å². The third-order valence-electron chi connectivity index (χ3n) is 2.80. The minimum Gasteiger partial charge on any atom is -0.423 e. The normalized spacial score (nSPS) is 11.9. The number of pyridine rings is 1. The number of esters is 1. The average Bonchev–Trinajstić information content (AvgIpc) is 2.40. The van der Waals surface area contributed by atoms with Crippen molar-refractivity contribution in [3.8, 4) is 16.9 Å². The summed E-state index contributed by atoms with van der Waals surface area (Å²) in [6.07, 6.45) is 3.20. The van der Waals surface area contributed by atoms with Crippen LogP contribution in [0.2, 0.25) is 0 Å². The molecule has 0 saturated carbocycles. The summed E-state index contributed by atoms with van der Waals surface area (Å²) in [4.78, 5) is 15.6. The van der Waals surface area contributed by atoms with Gasteiger partial charge in [-0.25, -0.2) is 4.79 Å². The Bertz CT molecular complexity index is 594. The van der Waals surface area contributed by atoms with Crippen LogP contribution in [-0.2, 0) is 4.79 Å². The lowest BCUT2D eigenvalue weighted by Gasteiger charge is -2.12. The summed E-state index contributed by atoms with van der Waals surface area (Å²) in [6.45, 7) is 3.60. The molecule has 0 aliphatic rings. The van der Waals surface area contributed by atoms with Gasteiger partial charge in [-0.05, 0) is 31.0 Å². The summed E-state index contributed by atoms with van der Waals surface area (Å²) in [5.74, 6) is -0.0399. The second-order valence-corrected chi connectivity index (χ2v) is 4.40. The summed E-state index contributed by atoms with van der Waals surface area (Å²) in [5, 5.41) is 0. The van der Waals surface area contributed by atoms with E-state index in [1.165, 1.54) is 6.20 Å². The highest BCUT2D eigenvalue weighted by Gasteiger charge is 2.14. The molecule has 0 bridgehead atoms. The number of hydrogen-bond donors (Lipinski definition) is 1. The number of nitrogens with zero attached hydrogens (tertiary/aromatic N) is 1. The van der Waals surface area contributed by atoms with Crippen molar-refractivity contribution in [3.63, 3.8) is 0 Å². The van der Waals surface area contributed by atoms with Crippen molar-refractivity contribution in [2.24, 2.45) is 5.73 Å². The molecule has 19 heavy (non-hydrogen) atoms. The monoisotopic (exact) mass is 256 g/mol. The van der Waals surface area contributed by atoms with Gasteiger partial charge in [-0.15, -0.1) is 0 Å². The van der Waals surface area contributed by atoms with Crippen molar-refractivity contribution >= 4 is 5.97 Å². The number of ether oxygens (including phenoxy) is 1. The molecule has 0 spiro atoms. The number of nitrogens with two attached hydrogens (primary N) is 1. The molecule has 1 aromatic heterocycles. The van der Waals surface area contributed by atoms with Crippen LogP contribution >= 0.6 is 0 Å². The third-order valence-corrected chi connectivity index (χ3v) is 2.80. The maximum Gasteiger partial charge on any atom is 0.328 e. The van der Waals surface area contributed by atoms with Crippen molar-refractivity contribution in [2.45, 2.75) is 19.9 Å². The van der Waals surface area contributed by atoms with E-state index in [1.54, 1.807) is 13.1 Å². The van der Waals surface area contributed by atoms with Crippen LogP contribution < -0.4 is 10.5 Å². The summed E-state index contributed by atoms with van der Waals surface area (Å²) < 4.78 is 5.29. The van der Waals surface area contributed by atoms with Gasteiger partial charge in [-0.2, -0.15) is 0 Å². The highest BCUT2D eigenvalue weighted by molar-refractivity contribution is 5.81. The zero-order chi connectivity index (χ0) is 13.8. The molecule has 4 heteroatoms. The summed E-state index contributed by atoms with van der Waals surface area (Å²) in [7, 11) is 0. The Morgan fingerprint density at radius 1 is 1.26 bits per heavy atom. The minimum absolute atomic E-state index is 0.430. The van der Waals surface area contributed by atoms with E-state index >= 15 is 0 Å². The summed E-state index contributed by atoms with van der Waals surface area (Å²) in [5.41, 5.74) is 8.46. The topological polar surface area (TPSA) is 65.2 Å². The lowest BCUT2D eigenvalue weighted by atomic mass is 10.0. The Hall–Kier alpha value is -2.20. The second kappa shape index (κ2) is 5.63. The van der Waals surface area contributed by atoms with Crippen molar-refractivity contribution in [1.82, 2.24) is 4.98 Å². The van der Waals surface area contributed by atoms with E-state index in [-0.39, 0.29) is 0 Å². The predicted octanol–water partition coefficient (Wildman–Crippen LogP) is 2.31. The molecule has 2 N–H and O–H groups in total. The smallest absolute Gasteiger partial charge is 0.328 e. The van der Waals surface area contributed by atoms with E-state index in [2.05, 4.69) is 4.98 Å². The van der Waals surface area contributed by atoms with Crippen LogP contribution in [0.25, 0.3) is 11.1 Å². The SMILES string of the molecule is Cc1ccccc1-c1ccncc1OC(=O)[C@H](C)N. The molecule has 0 aliphatic heterocycles. The van der Waals surface area contributed by atoms with Gasteiger partial charge in [0, 0.05) is 11.8 Å². The zero-order valence-electron chi connectivity index (χ0n) is 11.0. The fraction of sp³-hybridized carbons (Fsp3) is 0.200. The molecule has 0 fully saturated rings. The standard InChI is InChI=1S/C15H16N2O2/c1-10-5-3-4-6-12(10)13-7-8-17-9-14(13)19-15(18)11(2)16/h3-9,11H,16H2,1-2H3/t11-/m0/s1. The van der Waals surface area contributed by atoms with E-state index in [9.17, 15) is 4.79 Å². The first kappa shape index (κ1) is 13.2. The molecule has 0 amide bonds. The number of hydrogen-bond acceptors (Lipinski definition) is 4. The molecular weight excluding hydrogens is 240 g/mol. The van der Waals surface area contributed by atoms with Crippen LogP contribution in [0.15, 0.2) is 42.7 Å². The highest BCUT2D eigenvalue weighted by Crippen LogP contribution is 2.31. The lowest BCUT2D eigenvalue weighted by Crippen LogP contribution is -2.31. The molecule has 0 aliphatic carbocycles. The summed E-state index contributed by atoms with van der Waals surface area (Å²) >= 11 is 0. The molecule has 1 aromatic carbocycles. The number of carbonyl (C=O) groups excluding carboxylic acids is 1. The number of aryl methyl sites for hydroxylation is 1. The quantitative estimate of drug-likeness (QED) is 0.856. The van der Waals surface area contributed by atoms with Crippen molar-refractivity contribution < 1.29 is 9.53 Å². The fourth-order valence-corrected chi connectivity index (χ4v) is 1.76. The van der Waals surface area contributed by atoms with Gasteiger partial charge in [0.1, 0.15) is 6.04 Å². The molecule has 0 saturated heterocycles. The molecule has 1 heterocycles. The molecule has 0 unspecified atom stereocenters. The Labute approximate surface area is 112 Å². The Morgan fingerprint density at radius 3 is 2.68 bits per heavy atom. The first-order valence-electron chi connectivity index (χ1n) is 6.07. The Balaban J connectivity index is 2.42. The van der Waals surface area contributed by atoms with Gasteiger partial charge in [0.05, 0.1) is 6.20 Å². The van der Waals surface area contributed by atoms with Gasteiger partial charge in [0.2, 0.25) is 0 Å². The van der Waals surface area contributed by atoms with E-state index in [0.29, 0.717) is 5.75 Å². The van der Waals surface area contributed by atoms with Gasteiger partial charge < -0.3 is 10.5 Å². The van der Waals surface area contributed by atoms with Crippen molar-refractivity contribution in [2.75, 3.05) is 0 Å². The molecule has 98 valence electrons. The number of aromatic nitrogens is 1. The maximum atomic E-state index is 11.6. The first-order chi connectivity index (χ1) is 9.09. The van der Waals surface area contributed by atoms with Crippen LogP contribution in [0.4, 0.5) is 0 Å². The minimum atomic E-state index is -0.662. The van der Waals surface area contributed by atoms with Crippen LogP contribution in [0, 0.1) is 6.92 Å². The lowest BCUT2D eigenvalue weighted by molar-refractivity contribution is -0.135. The highest BCUT2D eigenvalue weighted by atomic mass is 16.5. The van der Waals surface area contributed by atoms with Gasteiger partial charge in [-0.1, -0.05) is 24.3 Å². The Kier molecular flexibility index (Phi) is 3.92. The number of carbonyl (C=O) groups is 1. The largest absolute Gasteiger partial charge is 0.423 e. The molecule has 4 nitrogen and oxygen atoms in total. The van der Waals surface area contributed by atoms with E-state index in [0.717, 1.165) is 16.7 Å². The number of benzene rings is 1. The molecule has 0 radical (unpaired) electrons. The van der Waals surface area contributed by atoms with Gasteiger partial charge in [0.25, 0.3) is 0 Å². The first-order valence-corrected chi connectivity index (χ1v) is 6.07. The van der Waals surface area contributed by atoms with Crippen LogP contribution in [0.1, 0.15) is 12.5 Å². The fourth-order valence-electron chi connectivity index (χ4n) is 1.76. The molecule has 2 rings (SSSR count). The predicted molar refractivity (Wildman–Crippen MR) is 73.7 cm³/mol. The van der Waals surface area contributed by atoms with E-state index < -0.39 is 12.0 Å². The molecule has 1 atom stereocenters. The second-order valence-electron chi connectivity index (χ2n) is 4.40. The summed E-state index contributed by atoms with van der Waals surface area (Å²) in [6, 6.07) is 9.06. The van der Waals surface area contributed by atoms with Gasteiger partial charge >= 0.3 is 5.97 Å². The van der Waals surface area contributed by atoms with Crippen LogP contribution in [0.3, 0.4) is 0 Å². The van der Waals surface area contributed by atoms with Crippen molar-refractivity contribution in [1.29, 1.82) is 0 Å². The average molecular weight is 256 g/mol. The zero-order valence-corrected chi connectivity index (χ0v) is 11.0. The number of rotatable bonds is 3. The van der Waals surface area contributed by atoms with Crippen LogP contribution in [-0.4, -0.2) is 17.0 Å². The molecule has 2 aromatic rings. The Morgan fingerprint density at radius 2 is 2.00 bits per heavy atom. The van der Waals surface area contributed by atoms with Crippen molar-refractivity contribution in [3.05, 3.63) is 48.3 Å². The van der Waals surface area contributed by atoms with Gasteiger partial charge in [0.15, 0.2) is 5.75 Å². The van der Waals surface area contributed by atoms with Gasteiger partial charge in [-0.3, -0.25) is 4.98 Å². The van der Waals surface area contributed by atoms with E-state index in [1.807, 2.05) is 37.3 Å². The maximum absolute atomic E-state index is 11.6. The third kappa shape index (κ3) is 2.98.